The molecule has 1 aromatic rings. The average Bonchev–Trinajstić information content (AvgIpc) is 2.61. The van der Waals surface area contributed by atoms with E-state index in [4.69, 9.17) is 11.6 Å². The highest BCUT2D eigenvalue weighted by molar-refractivity contribution is 7.16. The minimum Gasteiger partial charge on any atom is -0.316 e. The summed E-state index contributed by atoms with van der Waals surface area (Å²) >= 11 is 7.64. The van der Waals surface area contributed by atoms with Crippen LogP contribution < -0.4 is 5.32 Å². The largest absolute Gasteiger partial charge is 0.316 e. The summed E-state index contributed by atoms with van der Waals surface area (Å²) in [7, 11) is 0. The minimum atomic E-state index is 0.353. The van der Waals surface area contributed by atoms with Crippen LogP contribution in [0.15, 0.2) is 12.1 Å². The number of rotatable bonds is 7. The van der Waals surface area contributed by atoms with Gasteiger partial charge >= 0.3 is 0 Å². The first-order valence-electron chi connectivity index (χ1n) is 6.34. The number of nitrogens with one attached hydrogen (secondary N) is 1. The van der Waals surface area contributed by atoms with E-state index in [1.54, 1.807) is 11.3 Å². The molecule has 17 heavy (non-hydrogen) atoms. The van der Waals surface area contributed by atoms with Crippen molar-refractivity contribution in [2.75, 3.05) is 13.1 Å². The smallest absolute Gasteiger partial charge is 0.0931 e. The number of hydrogen-bond acceptors (Lipinski definition) is 2. The molecule has 0 aliphatic rings. The van der Waals surface area contributed by atoms with Crippen molar-refractivity contribution in [1.29, 1.82) is 0 Å². The van der Waals surface area contributed by atoms with Crippen LogP contribution in [0.4, 0.5) is 0 Å². The maximum atomic E-state index is 5.94. The van der Waals surface area contributed by atoms with E-state index in [1.807, 2.05) is 6.07 Å². The number of hydrogen-bond donors (Lipinski definition) is 1. The van der Waals surface area contributed by atoms with Gasteiger partial charge in [0, 0.05) is 11.4 Å². The first kappa shape index (κ1) is 15.0. The Kier molecular flexibility index (Phi) is 5.98. The molecule has 0 aromatic carbocycles. The van der Waals surface area contributed by atoms with Gasteiger partial charge in [-0.25, -0.2) is 0 Å². The Morgan fingerprint density at radius 3 is 2.59 bits per heavy atom. The Balaban J connectivity index is 2.28. The zero-order chi connectivity index (χ0) is 12.9. The Morgan fingerprint density at radius 1 is 1.35 bits per heavy atom. The highest BCUT2D eigenvalue weighted by atomic mass is 35.5. The van der Waals surface area contributed by atoms with Crippen LogP contribution in [0.3, 0.4) is 0 Å². The van der Waals surface area contributed by atoms with Gasteiger partial charge in [-0.1, -0.05) is 39.3 Å². The predicted octanol–water partition coefficient (Wildman–Crippen LogP) is 4.61. The second kappa shape index (κ2) is 6.77. The molecule has 0 amide bonds. The van der Waals surface area contributed by atoms with Crippen LogP contribution in [0.25, 0.3) is 0 Å². The van der Waals surface area contributed by atoms with E-state index in [0.29, 0.717) is 5.41 Å². The van der Waals surface area contributed by atoms with Crippen molar-refractivity contribution in [2.45, 2.75) is 40.5 Å². The first-order valence-corrected chi connectivity index (χ1v) is 7.53. The zero-order valence-electron chi connectivity index (χ0n) is 11.3. The SMILES string of the molecule is CC(C)CNCC(C)(C)CCc1ccc(Cl)s1. The van der Waals surface area contributed by atoms with Gasteiger partial charge in [0.15, 0.2) is 0 Å². The highest BCUT2D eigenvalue weighted by Gasteiger charge is 2.17. The van der Waals surface area contributed by atoms with Gasteiger partial charge in [-0.3, -0.25) is 0 Å². The number of thiophene rings is 1. The van der Waals surface area contributed by atoms with Gasteiger partial charge in [-0.15, -0.1) is 11.3 Å². The molecule has 0 aliphatic carbocycles. The lowest BCUT2D eigenvalue weighted by molar-refractivity contribution is 0.309. The van der Waals surface area contributed by atoms with Crippen molar-refractivity contribution in [1.82, 2.24) is 5.32 Å². The van der Waals surface area contributed by atoms with Crippen molar-refractivity contribution < 1.29 is 0 Å². The van der Waals surface area contributed by atoms with Gasteiger partial charge in [0.05, 0.1) is 4.34 Å². The summed E-state index contributed by atoms with van der Waals surface area (Å²) in [6, 6.07) is 4.14. The molecule has 1 heterocycles. The zero-order valence-corrected chi connectivity index (χ0v) is 12.9. The Bertz CT molecular complexity index is 331. The van der Waals surface area contributed by atoms with Crippen molar-refractivity contribution in [3.8, 4) is 0 Å². The van der Waals surface area contributed by atoms with E-state index in [-0.39, 0.29) is 0 Å². The second-order valence-corrected chi connectivity index (χ2v) is 7.69. The van der Waals surface area contributed by atoms with Gasteiger partial charge < -0.3 is 5.32 Å². The normalized spacial score (nSPS) is 12.4. The topological polar surface area (TPSA) is 12.0 Å². The Morgan fingerprint density at radius 2 is 2.06 bits per heavy atom. The maximum Gasteiger partial charge on any atom is 0.0931 e. The monoisotopic (exact) mass is 273 g/mol. The van der Waals surface area contributed by atoms with Crippen LogP contribution in [0.1, 0.15) is 39.0 Å². The third-order valence-corrected chi connectivity index (χ3v) is 4.12. The number of halogens is 1. The molecule has 0 fully saturated rings. The molecule has 0 saturated carbocycles. The molecule has 0 atom stereocenters. The third-order valence-electron chi connectivity index (χ3n) is 2.83. The Labute approximate surface area is 115 Å². The molecule has 1 N–H and O–H groups in total. The average molecular weight is 274 g/mol. The molecule has 0 spiro atoms. The molecule has 3 heteroatoms. The van der Waals surface area contributed by atoms with E-state index >= 15 is 0 Å². The molecule has 1 nitrogen and oxygen atoms in total. The van der Waals surface area contributed by atoms with E-state index < -0.39 is 0 Å². The van der Waals surface area contributed by atoms with Crippen molar-refractivity contribution in [3.05, 3.63) is 21.3 Å². The maximum absolute atomic E-state index is 5.94. The summed E-state index contributed by atoms with van der Waals surface area (Å²) < 4.78 is 0.899. The van der Waals surface area contributed by atoms with E-state index in [0.717, 1.165) is 29.8 Å². The molecule has 0 bridgehead atoms. The minimum absolute atomic E-state index is 0.353. The molecule has 1 aromatic heterocycles. The lowest BCUT2D eigenvalue weighted by Crippen LogP contribution is -2.32. The van der Waals surface area contributed by atoms with Gasteiger partial charge in [0.2, 0.25) is 0 Å². The lowest BCUT2D eigenvalue weighted by atomic mass is 9.87. The summed E-state index contributed by atoms with van der Waals surface area (Å²) in [5.74, 6) is 0.724. The van der Waals surface area contributed by atoms with Crippen molar-refractivity contribution >= 4 is 22.9 Å². The van der Waals surface area contributed by atoms with Gasteiger partial charge in [-0.05, 0) is 42.9 Å². The fourth-order valence-electron chi connectivity index (χ4n) is 1.74. The molecule has 98 valence electrons. The van der Waals surface area contributed by atoms with Crippen molar-refractivity contribution in [3.63, 3.8) is 0 Å². The highest BCUT2D eigenvalue weighted by Crippen LogP contribution is 2.27. The summed E-state index contributed by atoms with van der Waals surface area (Å²) in [5.41, 5.74) is 0.353. The van der Waals surface area contributed by atoms with Crippen LogP contribution in [-0.2, 0) is 6.42 Å². The third kappa shape index (κ3) is 6.44. The molecule has 1 rings (SSSR count). The summed E-state index contributed by atoms with van der Waals surface area (Å²) in [6.07, 6.45) is 2.34. The second-order valence-electron chi connectivity index (χ2n) is 5.89. The summed E-state index contributed by atoms with van der Waals surface area (Å²) in [6.45, 7) is 11.3. The van der Waals surface area contributed by atoms with Crippen LogP contribution >= 0.6 is 22.9 Å². The van der Waals surface area contributed by atoms with E-state index in [9.17, 15) is 0 Å². The van der Waals surface area contributed by atoms with Gasteiger partial charge in [0.25, 0.3) is 0 Å². The molecule has 0 aliphatic heterocycles. The molecule has 0 radical (unpaired) electrons. The van der Waals surface area contributed by atoms with Gasteiger partial charge in [-0.2, -0.15) is 0 Å². The predicted molar refractivity (Wildman–Crippen MR) is 79.1 cm³/mol. The first-order chi connectivity index (χ1) is 7.89. The van der Waals surface area contributed by atoms with Crippen LogP contribution in [0.5, 0.6) is 0 Å². The molecular weight excluding hydrogens is 250 g/mol. The van der Waals surface area contributed by atoms with E-state index in [2.05, 4.69) is 39.1 Å². The summed E-state index contributed by atoms with van der Waals surface area (Å²) in [4.78, 5) is 1.40. The Hall–Kier alpha value is -0.0500. The molecule has 0 unspecified atom stereocenters. The van der Waals surface area contributed by atoms with Crippen molar-refractivity contribution in [2.24, 2.45) is 11.3 Å². The summed E-state index contributed by atoms with van der Waals surface area (Å²) in [5, 5.41) is 3.54. The quantitative estimate of drug-likeness (QED) is 0.765. The van der Waals surface area contributed by atoms with Crippen LogP contribution in [0.2, 0.25) is 4.34 Å². The standard InChI is InChI=1S/C14H24ClNS/c1-11(2)9-16-10-14(3,4)8-7-12-5-6-13(15)17-12/h5-6,11,16H,7-10H2,1-4H3. The van der Waals surface area contributed by atoms with Crippen LogP contribution in [-0.4, -0.2) is 13.1 Å². The van der Waals surface area contributed by atoms with E-state index in [1.165, 1.54) is 11.3 Å². The molecule has 0 saturated heterocycles. The lowest BCUT2D eigenvalue weighted by Gasteiger charge is -2.25. The number of aryl methyl sites for hydroxylation is 1. The fraction of sp³-hybridized carbons (Fsp3) is 0.714. The molecular formula is C14H24ClNS. The van der Waals surface area contributed by atoms with Crippen LogP contribution in [0, 0.1) is 11.3 Å². The fourth-order valence-corrected chi connectivity index (χ4v) is 2.82. The van der Waals surface area contributed by atoms with Gasteiger partial charge in [0.1, 0.15) is 0 Å².